The number of rotatable bonds is 0. The number of hydrogen-bond acceptors (Lipinski definition) is 8. The molecule has 0 unspecified atom stereocenters. The second-order valence-corrected chi connectivity index (χ2v) is 11.1. The molecule has 1 radical (unpaired) electrons. The third-order valence-electron chi connectivity index (χ3n) is 7.46. The molecule has 0 atom stereocenters. The molecule has 3 aromatic heterocycles. The number of aromatic amines is 2. The number of nitrogens with zero attached hydrogens (tertiary/aromatic N) is 6. The van der Waals surface area contributed by atoms with Gasteiger partial charge in [0.2, 0.25) is 0 Å². The standard InChI is InChI=1S/C32H18N8.Cu.4Na.H2O4S.4H/c1-2-10-18-17(9-1)25-33-26(18)38-28-21-13-5-6-14-22(21)30(35-28)40-32-24-16-8-7-15-23(24)31(36-32)39-29-20-12-4-3-11-19(20)27(34-29)37-25;;;;;;1-5(2,3)4;;;;/h1-16H,(H2,33,34,35,36,37,38,39,40);;;;;;(H2,1,2,3,4);;;;. The summed E-state index contributed by atoms with van der Waals surface area (Å²) in [6.45, 7) is 0. The Morgan fingerprint density at radius 2 is 0.600 bits per heavy atom. The van der Waals surface area contributed by atoms with Crippen LogP contribution in [0.3, 0.4) is 0 Å². The van der Waals surface area contributed by atoms with Crippen molar-refractivity contribution < 1.29 is 34.6 Å². The fourth-order valence-corrected chi connectivity index (χ4v) is 5.59. The molecule has 2 aliphatic heterocycles. The normalized spacial score (nSPS) is 10.8. The molecule has 5 heterocycles. The van der Waals surface area contributed by atoms with Crippen LogP contribution >= 0.6 is 0 Å². The molecule has 0 fully saturated rings. The Balaban J connectivity index is 0.000000636. The molecule has 50 heavy (non-hydrogen) atoms. The molecule has 0 saturated carbocycles. The van der Waals surface area contributed by atoms with Crippen molar-refractivity contribution in [3.8, 4) is 45.6 Å². The first kappa shape index (κ1) is 43.0. The zero-order valence-corrected chi connectivity index (χ0v) is 25.1. The van der Waals surface area contributed by atoms with Gasteiger partial charge in [0.15, 0.2) is 23.3 Å². The minimum Gasteiger partial charge on any atom is -0.324 e. The van der Waals surface area contributed by atoms with Crippen molar-refractivity contribution in [3.05, 3.63) is 97.1 Å². The molecule has 2 aliphatic rings. The molecule has 0 amide bonds. The van der Waals surface area contributed by atoms with Gasteiger partial charge in [-0.05, 0) is 0 Å². The number of benzene rings is 4. The minimum absolute atomic E-state index is 0. The summed E-state index contributed by atoms with van der Waals surface area (Å²) in [5.74, 6) is 2.39. The number of nitrogens with one attached hydrogen (secondary N) is 2. The summed E-state index contributed by atoms with van der Waals surface area (Å²) in [6, 6.07) is 32.2. The van der Waals surface area contributed by atoms with Crippen molar-refractivity contribution in [1.82, 2.24) is 39.9 Å². The first-order valence-electron chi connectivity index (χ1n) is 13.7. The van der Waals surface area contributed by atoms with Crippen LogP contribution in [0.1, 0.15) is 0 Å². The van der Waals surface area contributed by atoms with Crippen LogP contribution in [0.25, 0.3) is 89.7 Å². The number of aromatic nitrogens is 8. The van der Waals surface area contributed by atoms with Gasteiger partial charge in [-0.3, -0.25) is 9.11 Å². The van der Waals surface area contributed by atoms with E-state index >= 15 is 0 Å². The SMILES string of the molecule is O=S(=O)(O)O.[Cu].[NaH].[NaH].[NaH].[NaH].c1ccc2c(c1)-c1nc-2nc2[nH]c(nc3nc(nc4[nH]c(n1)c1ccccc41)-c1ccccc1-3)c1ccccc21. The van der Waals surface area contributed by atoms with Gasteiger partial charge in [-0.2, -0.15) is 8.42 Å². The van der Waals surface area contributed by atoms with Gasteiger partial charge in [0, 0.05) is 60.9 Å². The monoisotopic (exact) mass is 771 g/mol. The van der Waals surface area contributed by atoms with Crippen molar-refractivity contribution in [2.24, 2.45) is 0 Å². The maximum atomic E-state index is 8.74. The Bertz CT molecular complexity index is 2310. The molecule has 8 bridgehead atoms. The van der Waals surface area contributed by atoms with E-state index in [4.69, 9.17) is 47.4 Å². The second-order valence-electron chi connectivity index (χ2n) is 10.2. The van der Waals surface area contributed by atoms with E-state index in [0.29, 0.717) is 45.9 Å². The molecule has 4 aromatic carbocycles. The van der Waals surface area contributed by atoms with Crippen LogP contribution in [0.5, 0.6) is 0 Å². The Morgan fingerprint density at radius 3 is 0.820 bits per heavy atom. The molecule has 7 aromatic rings. The van der Waals surface area contributed by atoms with Crippen molar-refractivity contribution in [3.63, 3.8) is 0 Å². The number of fused-ring (bicyclic) bond motifs is 20. The molecule has 0 aliphatic carbocycles. The van der Waals surface area contributed by atoms with Crippen LogP contribution in [-0.2, 0) is 27.5 Å². The van der Waals surface area contributed by atoms with Crippen LogP contribution in [0.15, 0.2) is 97.1 Å². The maximum absolute atomic E-state index is 8.74. The summed E-state index contributed by atoms with van der Waals surface area (Å²) in [5, 5.41) is 3.82. The Hall–Kier alpha value is -1.37. The van der Waals surface area contributed by atoms with Crippen molar-refractivity contribution in [1.29, 1.82) is 0 Å². The van der Waals surface area contributed by atoms with Gasteiger partial charge in [-0.15, -0.1) is 0 Å². The molecule has 4 N–H and O–H groups in total. The van der Waals surface area contributed by atoms with Gasteiger partial charge in [-0.1, -0.05) is 97.1 Å². The van der Waals surface area contributed by atoms with E-state index in [1.807, 2.05) is 97.1 Å². The van der Waals surface area contributed by atoms with Crippen LogP contribution in [-0.4, -0.2) is 176 Å². The quantitative estimate of drug-likeness (QED) is 0.131. The number of hydrogen-bond donors (Lipinski definition) is 4. The van der Waals surface area contributed by atoms with Gasteiger partial charge >= 0.3 is 129 Å². The van der Waals surface area contributed by atoms with Gasteiger partial charge < -0.3 is 9.97 Å². The third-order valence-corrected chi connectivity index (χ3v) is 7.46. The van der Waals surface area contributed by atoms with E-state index in [0.717, 1.165) is 43.8 Å². The zero-order valence-electron chi connectivity index (χ0n) is 23.3. The van der Waals surface area contributed by atoms with E-state index < -0.39 is 10.4 Å². The van der Waals surface area contributed by atoms with E-state index in [9.17, 15) is 0 Å². The fraction of sp³-hybridized carbons (Fsp3) is 0. The van der Waals surface area contributed by atoms with Gasteiger partial charge in [0.1, 0.15) is 22.6 Å². The van der Waals surface area contributed by atoms with Crippen LogP contribution < -0.4 is 0 Å². The molecule has 0 saturated heterocycles. The number of H-pyrrole nitrogens is 2. The Morgan fingerprint density at radius 1 is 0.400 bits per heavy atom. The average Bonchev–Trinajstić information content (AvgIpc) is 3.76. The minimum atomic E-state index is -4.67. The summed E-state index contributed by atoms with van der Waals surface area (Å²) >= 11 is 0. The van der Waals surface area contributed by atoms with E-state index in [-0.39, 0.29) is 135 Å². The van der Waals surface area contributed by atoms with E-state index in [1.165, 1.54) is 0 Å². The molecular formula is C32H24CuN8Na4O4S. The van der Waals surface area contributed by atoms with Crippen molar-refractivity contribution >= 4 is 173 Å². The zero-order chi connectivity index (χ0) is 30.7. The van der Waals surface area contributed by atoms with Crippen molar-refractivity contribution in [2.75, 3.05) is 0 Å². The maximum Gasteiger partial charge on any atom is 0.164 e. The first-order valence-corrected chi connectivity index (χ1v) is 15.1. The van der Waals surface area contributed by atoms with Gasteiger partial charge in [-0.25, -0.2) is 29.9 Å². The van der Waals surface area contributed by atoms with E-state index in [1.54, 1.807) is 0 Å². The summed E-state index contributed by atoms with van der Waals surface area (Å²) in [4.78, 5) is 36.8. The van der Waals surface area contributed by atoms with E-state index in [2.05, 4.69) is 9.97 Å². The van der Waals surface area contributed by atoms with Gasteiger partial charge in [0.05, 0.1) is 0 Å². The average molecular weight is 772 g/mol. The van der Waals surface area contributed by atoms with Crippen LogP contribution in [0.2, 0.25) is 0 Å². The van der Waals surface area contributed by atoms with Gasteiger partial charge in [0.25, 0.3) is 0 Å². The topological polar surface area (TPSA) is 184 Å². The molecule has 0 spiro atoms. The largest absolute Gasteiger partial charge is 0.324 e. The van der Waals surface area contributed by atoms with Crippen LogP contribution in [0, 0.1) is 0 Å². The Kier molecular flexibility index (Phi) is 15.2. The predicted octanol–water partition coefficient (Wildman–Crippen LogP) is 3.62. The van der Waals surface area contributed by atoms with Crippen molar-refractivity contribution in [2.45, 2.75) is 0 Å². The summed E-state index contributed by atoms with van der Waals surface area (Å²) in [7, 11) is -4.67. The fourth-order valence-electron chi connectivity index (χ4n) is 5.59. The smallest absolute Gasteiger partial charge is 0.164 e. The third kappa shape index (κ3) is 8.54. The summed E-state index contributed by atoms with van der Waals surface area (Å²) in [5.41, 5.74) is 6.45. The van der Waals surface area contributed by atoms with Crippen LogP contribution in [0.4, 0.5) is 0 Å². The molecular weight excluding hydrogens is 748 g/mol. The molecule has 12 nitrogen and oxygen atoms in total. The summed E-state index contributed by atoms with van der Waals surface area (Å²) in [6.07, 6.45) is 0. The Labute approximate surface area is 384 Å². The molecule has 18 heteroatoms. The molecule has 9 rings (SSSR count). The predicted molar refractivity (Wildman–Crippen MR) is 199 cm³/mol. The molecule has 237 valence electrons. The first-order chi connectivity index (χ1) is 21.8. The summed E-state index contributed by atoms with van der Waals surface area (Å²) < 4.78 is 31.6. The second kappa shape index (κ2) is 17.6.